The van der Waals surface area contributed by atoms with Crippen molar-refractivity contribution >= 4 is 11.9 Å². The van der Waals surface area contributed by atoms with Crippen LogP contribution >= 0.6 is 0 Å². The molecule has 1 fully saturated rings. The van der Waals surface area contributed by atoms with Gasteiger partial charge < -0.3 is 14.8 Å². The summed E-state index contributed by atoms with van der Waals surface area (Å²) in [5.41, 5.74) is 1.17. The summed E-state index contributed by atoms with van der Waals surface area (Å²) in [6.07, 6.45) is 4.20. The minimum absolute atomic E-state index is 0.130. The van der Waals surface area contributed by atoms with Crippen LogP contribution in [0.1, 0.15) is 45.1 Å². The van der Waals surface area contributed by atoms with E-state index in [1.807, 2.05) is 24.3 Å². The Morgan fingerprint density at radius 3 is 2.67 bits per heavy atom. The van der Waals surface area contributed by atoms with Gasteiger partial charge in [0.05, 0.1) is 12.6 Å². The Balaban J connectivity index is 1.70. The van der Waals surface area contributed by atoms with E-state index >= 15 is 0 Å². The van der Waals surface area contributed by atoms with Crippen molar-refractivity contribution in [3.8, 4) is 5.75 Å². The van der Waals surface area contributed by atoms with Crippen LogP contribution in [-0.4, -0.2) is 31.1 Å². The van der Waals surface area contributed by atoms with Gasteiger partial charge in [-0.1, -0.05) is 18.6 Å². The number of nitrogens with one attached hydrogen (secondary N) is 1. The molecule has 1 aromatic carbocycles. The molecule has 1 aliphatic carbocycles. The molecule has 1 aliphatic rings. The zero-order valence-corrected chi connectivity index (χ0v) is 14.5. The average Bonchev–Trinajstić information content (AvgIpc) is 2.54. The molecular formula is C19H27NO4. The van der Waals surface area contributed by atoms with Crippen molar-refractivity contribution in [1.29, 1.82) is 0 Å². The first-order chi connectivity index (χ1) is 11.5. The van der Waals surface area contributed by atoms with Crippen molar-refractivity contribution in [2.45, 2.75) is 52.1 Å². The normalized spacial score (nSPS) is 17.6. The number of carbonyl (C=O) groups excluding carboxylic acids is 2. The minimum Gasteiger partial charge on any atom is -0.492 e. The van der Waals surface area contributed by atoms with Gasteiger partial charge in [-0.2, -0.15) is 0 Å². The molecule has 132 valence electrons. The van der Waals surface area contributed by atoms with Gasteiger partial charge in [0, 0.05) is 12.3 Å². The topological polar surface area (TPSA) is 64.6 Å². The van der Waals surface area contributed by atoms with Crippen molar-refractivity contribution in [2.75, 3.05) is 13.2 Å². The Hall–Kier alpha value is -2.04. The van der Waals surface area contributed by atoms with Gasteiger partial charge in [-0.3, -0.25) is 4.79 Å². The van der Waals surface area contributed by atoms with E-state index in [-0.39, 0.29) is 12.0 Å². The Morgan fingerprint density at radius 1 is 1.25 bits per heavy atom. The van der Waals surface area contributed by atoms with Crippen molar-refractivity contribution in [1.82, 2.24) is 5.32 Å². The SMILES string of the molecule is CC(C)OC(=O)NCCOc1ccc(CC2CCCCC2=O)cc1. The van der Waals surface area contributed by atoms with Crippen LogP contribution in [-0.2, 0) is 16.0 Å². The van der Waals surface area contributed by atoms with Gasteiger partial charge in [-0.15, -0.1) is 0 Å². The van der Waals surface area contributed by atoms with Gasteiger partial charge in [0.15, 0.2) is 0 Å². The summed E-state index contributed by atoms with van der Waals surface area (Å²) in [7, 11) is 0. The first kappa shape index (κ1) is 18.3. The van der Waals surface area contributed by atoms with Crippen molar-refractivity contribution in [3.05, 3.63) is 29.8 Å². The predicted molar refractivity (Wildman–Crippen MR) is 92.2 cm³/mol. The molecule has 5 heteroatoms. The number of Topliss-reactive ketones (excluding diaryl/α,β-unsaturated/α-hetero) is 1. The number of ether oxygens (including phenoxy) is 2. The van der Waals surface area contributed by atoms with E-state index in [9.17, 15) is 9.59 Å². The number of rotatable bonds is 7. The number of alkyl carbamates (subject to hydrolysis) is 1. The predicted octanol–water partition coefficient (Wildman–Crippen LogP) is 3.50. The molecule has 0 saturated heterocycles. The quantitative estimate of drug-likeness (QED) is 0.776. The number of benzene rings is 1. The van der Waals surface area contributed by atoms with Crippen LogP contribution in [0.3, 0.4) is 0 Å². The highest BCUT2D eigenvalue weighted by Crippen LogP contribution is 2.25. The van der Waals surface area contributed by atoms with Crippen LogP contribution in [0.5, 0.6) is 5.75 Å². The summed E-state index contributed by atoms with van der Waals surface area (Å²) < 4.78 is 10.6. The second kappa shape index (κ2) is 9.30. The monoisotopic (exact) mass is 333 g/mol. The molecule has 5 nitrogen and oxygen atoms in total. The van der Waals surface area contributed by atoms with Crippen LogP contribution in [0.25, 0.3) is 0 Å². The van der Waals surface area contributed by atoms with E-state index in [0.717, 1.165) is 37.9 Å². The highest BCUT2D eigenvalue weighted by molar-refractivity contribution is 5.81. The zero-order valence-electron chi connectivity index (χ0n) is 14.5. The zero-order chi connectivity index (χ0) is 17.4. The van der Waals surface area contributed by atoms with Crippen molar-refractivity contribution in [3.63, 3.8) is 0 Å². The molecule has 0 bridgehead atoms. The number of amides is 1. The molecule has 1 unspecified atom stereocenters. The summed E-state index contributed by atoms with van der Waals surface area (Å²) in [5, 5.41) is 2.63. The first-order valence-electron chi connectivity index (χ1n) is 8.73. The molecular weight excluding hydrogens is 306 g/mol. The Morgan fingerprint density at radius 2 is 2.00 bits per heavy atom. The van der Waals surface area contributed by atoms with Gasteiger partial charge in [-0.25, -0.2) is 4.79 Å². The van der Waals surface area contributed by atoms with Crippen LogP contribution in [0.4, 0.5) is 4.79 Å². The van der Waals surface area contributed by atoms with Crippen LogP contribution in [0.15, 0.2) is 24.3 Å². The third-order valence-electron chi connectivity index (χ3n) is 4.07. The Labute approximate surface area is 143 Å². The number of hydrogen-bond donors (Lipinski definition) is 1. The van der Waals surface area contributed by atoms with Crippen LogP contribution < -0.4 is 10.1 Å². The smallest absolute Gasteiger partial charge is 0.407 e. The van der Waals surface area contributed by atoms with Crippen molar-refractivity contribution in [2.24, 2.45) is 5.92 Å². The largest absolute Gasteiger partial charge is 0.492 e. The Kier molecular flexibility index (Phi) is 7.09. The maximum Gasteiger partial charge on any atom is 0.407 e. The summed E-state index contributed by atoms with van der Waals surface area (Å²) in [5.74, 6) is 1.34. The molecule has 1 N–H and O–H groups in total. The van der Waals surface area contributed by atoms with Gasteiger partial charge in [0.2, 0.25) is 0 Å². The Bertz CT molecular complexity index is 539. The molecule has 1 atom stereocenters. The minimum atomic E-state index is -0.430. The van der Waals surface area contributed by atoms with Crippen LogP contribution in [0, 0.1) is 5.92 Å². The van der Waals surface area contributed by atoms with E-state index in [1.54, 1.807) is 13.8 Å². The summed E-state index contributed by atoms with van der Waals surface area (Å²) in [4.78, 5) is 23.2. The number of ketones is 1. The van der Waals surface area contributed by atoms with E-state index in [0.29, 0.717) is 18.9 Å². The highest BCUT2D eigenvalue weighted by atomic mass is 16.6. The third-order valence-corrected chi connectivity index (χ3v) is 4.07. The van der Waals surface area contributed by atoms with Crippen molar-refractivity contribution < 1.29 is 19.1 Å². The van der Waals surface area contributed by atoms with E-state index in [1.165, 1.54) is 5.56 Å². The molecule has 1 saturated carbocycles. The number of hydrogen-bond acceptors (Lipinski definition) is 4. The van der Waals surface area contributed by atoms with E-state index in [4.69, 9.17) is 9.47 Å². The lowest BCUT2D eigenvalue weighted by molar-refractivity contribution is -0.124. The standard InChI is InChI=1S/C19H27NO4/c1-14(2)24-19(22)20-11-12-23-17-9-7-15(8-10-17)13-16-5-3-4-6-18(16)21/h7-10,14,16H,3-6,11-13H2,1-2H3,(H,20,22). The fraction of sp³-hybridized carbons (Fsp3) is 0.579. The second-order valence-corrected chi connectivity index (χ2v) is 6.49. The fourth-order valence-electron chi connectivity index (χ4n) is 2.85. The van der Waals surface area contributed by atoms with Gasteiger partial charge >= 0.3 is 6.09 Å². The number of carbonyl (C=O) groups is 2. The molecule has 1 aromatic rings. The lowest BCUT2D eigenvalue weighted by Crippen LogP contribution is -2.30. The molecule has 0 radical (unpaired) electrons. The summed E-state index contributed by atoms with van der Waals surface area (Å²) in [6.45, 7) is 4.38. The van der Waals surface area contributed by atoms with E-state index < -0.39 is 6.09 Å². The molecule has 1 amide bonds. The van der Waals surface area contributed by atoms with E-state index in [2.05, 4.69) is 5.32 Å². The van der Waals surface area contributed by atoms with Gasteiger partial charge in [0.25, 0.3) is 0 Å². The maximum atomic E-state index is 11.9. The molecule has 0 aromatic heterocycles. The maximum absolute atomic E-state index is 11.9. The molecule has 24 heavy (non-hydrogen) atoms. The lowest BCUT2D eigenvalue weighted by atomic mass is 9.84. The third kappa shape index (κ3) is 6.22. The lowest BCUT2D eigenvalue weighted by Gasteiger charge is -2.20. The summed E-state index contributed by atoms with van der Waals surface area (Å²) in [6, 6.07) is 7.85. The van der Waals surface area contributed by atoms with Gasteiger partial charge in [0.1, 0.15) is 18.1 Å². The first-order valence-corrected chi connectivity index (χ1v) is 8.73. The average molecular weight is 333 g/mol. The van der Waals surface area contributed by atoms with Crippen LogP contribution in [0.2, 0.25) is 0 Å². The molecule has 0 aliphatic heterocycles. The fourth-order valence-corrected chi connectivity index (χ4v) is 2.85. The molecule has 0 heterocycles. The molecule has 2 rings (SSSR count). The summed E-state index contributed by atoms with van der Waals surface area (Å²) >= 11 is 0. The molecule has 0 spiro atoms. The van der Waals surface area contributed by atoms with Gasteiger partial charge in [-0.05, 0) is 50.8 Å². The highest BCUT2D eigenvalue weighted by Gasteiger charge is 2.22. The second-order valence-electron chi connectivity index (χ2n) is 6.49.